The molecule has 0 aliphatic heterocycles. The normalized spacial score (nSPS) is 23.9. The van der Waals surface area contributed by atoms with Gasteiger partial charge in [-0.15, -0.1) is 0 Å². The molecule has 3 amide bonds. The number of methoxy groups -OCH3 is 1. The Morgan fingerprint density at radius 1 is 1.00 bits per heavy atom. The monoisotopic (exact) mass is 413 g/mol. The van der Waals surface area contributed by atoms with Crippen LogP contribution < -0.4 is 16.0 Å². The summed E-state index contributed by atoms with van der Waals surface area (Å²) >= 11 is 0. The molecular weight excluding hydrogens is 378 g/mol. The molecule has 1 aliphatic carbocycles. The number of carbonyl (C=O) groups excluding carboxylic acids is 4. The van der Waals surface area contributed by atoms with E-state index in [1.54, 1.807) is 34.6 Å². The van der Waals surface area contributed by atoms with Gasteiger partial charge in [0, 0.05) is 6.04 Å². The van der Waals surface area contributed by atoms with E-state index in [9.17, 15) is 19.2 Å². The highest BCUT2D eigenvalue weighted by atomic mass is 16.6. The largest absolute Gasteiger partial charge is 0.467 e. The van der Waals surface area contributed by atoms with Gasteiger partial charge in [-0.05, 0) is 59.8 Å². The number of esters is 1. The zero-order valence-corrected chi connectivity index (χ0v) is 18.5. The van der Waals surface area contributed by atoms with Crippen molar-refractivity contribution in [2.45, 2.75) is 84.5 Å². The van der Waals surface area contributed by atoms with Crippen molar-refractivity contribution < 1.29 is 28.7 Å². The summed E-state index contributed by atoms with van der Waals surface area (Å²) in [5, 5.41) is 8.03. The predicted octanol–water partition coefficient (Wildman–Crippen LogP) is 1.50. The first kappa shape index (κ1) is 24.7. The highest BCUT2D eigenvalue weighted by Crippen LogP contribution is 2.29. The zero-order chi connectivity index (χ0) is 22.4. The average molecular weight is 414 g/mol. The van der Waals surface area contributed by atoms with Gasteiger partial charge < -0.3 is 25.4 Å². The Labute approximate surface area is 172 Å². The minimum Gasteiger partial charge on any atom is -0.467 e. The topological polar surface area (TPSA) is 123 Å². The lowest BCUT2D eigenvalue weighted by molar-refractivity contribution is -0.145. The summed E-state index contributed by atoms with van der Waals surface area (Å²) in [7, 11) is 1.26. The molecule has 0 saturated heterocycles. The molecule has 0 aromatic heterocycles. The zero-order valence-electron chi connectivity index (χ0n) is 18.5. The van der Waals surface area contributed by atoms with E-state index in [1.165, 1.54) is 7.11 Å². The Hall–Kier alpha value is -2.32. The number of rotatable bonds is 6. The van der Waals surface area contributed by atoms with Crippen LogP contribution in [0.15, 0.2) is 0 Å². The van der Waals surface area contributed by atoms with E-state index in [1.807, 2.05) is 0 Å². The molecule has 9 nitrogen and oxygen atoms in total. The van der Waals surface area contributed by atoms with E-state index in [0.29, 0.717) is 18.8 Å². The van der Waals surface area contributed by atoms with Crippen molar-refractivity contribution in [3.63, 3.8) is 0 Å². The molecule has 0 bridgehead atoms. The lowest BCUT2D eigenvalue weighted by Crippen LogP contribution is -2.55. The second kappa shape index (κ2) is 10.5. The molecule has 0 unspecified atom stereocenters. The van der Waals surface area contributed by atoms with Crippen LogP contribution in [-0.2, 0) is 23.9 Å². The number of carbonyl (C=O) groups is 4. The first-order valence-corrected chi connectivity index (χ1v) is 10.0. The minimum atomic E-state index is -0.820. The highest BCUT2D eigenvalue weighted by molar-refractivity contribution is 5.88. The fourth-order valence-electron chi connectivity index (χ4n) is 3.27. The third-order valence-electron chi connectivity index (χ3n) is 4.82. The Morgan fingerprint density at radius 2 is 1.62 bits per heavy atom. The van der Waals surface area contributed by atoms with Crippen molar-refractivity contribution in [1.82, 2.24) is 16.0 Å². The van der Waals surface area contributed by atoms with Gasteiger partial charge in [-0.1, -0.05) is 6.92 Å². The Bertz CT molecular complexity index is 616. The van der Waals surface area contributed by atoms with Crippen LogP contribution in [0.25, 0.3) is 0 Å². The summed E-state index contributed by atoms with van der Waals surface area (Å²) in [4.78, 5) is 48.7. The predicted molar refractivity (Wildman–Crippen MR) is 107 cm³/mol. The number of amides is 3. The fraction of sp³-hybridized carbons (Fsp3) is 0.800. The molecule has 29 heavy (non-hydrogen) atoms. The minimum absolute atomic E-state index is 0.298. The van der Waals surface area contributed by atoms with Crippen LogP contribution in [0.5, 0.6) is 0 Å². The van der Waals surface area contributed by atoms with Crippen molar-refractivity contribution in [2.75, 3.05) is 7.11 Å². The SMILES string of the molecule is COC(=O)[C@@H](C)NC(=O)[C@@H]1CC[C@H](C)C[C@@H]1NC(=O)[C@@H](C)NC(=O)OC(C)(C)C. The molecule has 0 aromatic rings. The summed E-state index contributed by atoms with van der Waals surface area (Å²) in [6.07, 6.45) is 1.40. The van der Waals surface area contributed by atoms with Crippen LogP contribution >= 0.6 is 0 Å². The molecule has 1 fully saturated rings. The standard InChI is InChI=1S/C20H35N3O6/c1-11-8-9-14(17(25)21-13(3)18(26)28-7)15(10-11)23-16(24)12(2)22-19(27)29-20(4,5)6/h11-15H,8-10H2,1-7H3,(H,21,25)(H,22,27)(H,23,24)/t11-,12+,13+,14+,15-/m0/s1. The van der Waals surface area contributed by atoms with E-state index >= 15 is 0 Å². The molecule has 1 saturated carbocycles. The second-order valence-electron chi connectivity index (χ2n) is 8.76. The van der Waals surface area contributed by atoms with Gasteiger partial charge in [0.05, 0.1) is 13.0 Å². The maximum Gasteiger partial charge on any atom is 0.408 e. The third-order valence-corrected chi connectivity index (χ3v) is 4.82. The van der Waals surface area contributed by atoms with Crippen molar-refractivity contribution in [2.24, 2.45) is 11.8 Å². The number of hydrogen-bond donors (Lipinski definition) is 3. The van der Waals surface area contributed by atoms with Gasteiger partial charge in [0.2, 0.25) is 11.8 Å². The van der Waals surface area contributed by atoms with E-state index in [2.05, 4.69) is 27.6 Å². The molecule has 0 heterocycles. The van der Waals surface area contributed by atoms with Gasteiger partial charge in [-0.25, -0.2) is 9.59 Å². The van der Waals surface area contributed by atoms with Gasteiger partial charge in [0.25, 0.3) is 0 Å². The maximum atomic E-state index is 12.7. The Kier molecular flexibility index (Phi) is 8.91. The summed E-state index contributed by atoms with van der Waals surface area (Å²) in [5.74, 6) is -1.34. The lowest BCUT2D eigenvalue weighted by Gasteiger charge is -2.35. The molecular formula is C20H35N3O6. The van der Waals surface area contributed by atoms with Crippen LogP contribution in [0, 0.1) is 11.8 Å². The molecule has 1 rings (SSSR count). The molecule has 0 spiro atoms. The highest BCUT2D eigenvalue weighted by Gasteiger charge is 2.36. The van der Waals surface area contributed by atoms with E-state index in [0.717, 1.165) is 6.42 Å². The summed E-state index contributed by atoms with van der Waals surface area (Å²) in [5.41, 5.74) is -0.668. The number of hydrogen-bond acceptors (Lipinski definition) is 6. The van der Waals surface area contributed by atoms with Gasteiger partial charge in [-0.3, -0.25) is 9.59 Å². The molecule has 5 atom stereocenters. The third kappa shape index (κ3) is 8.29. The first-order chi connectivity index (χ1) is 13.3. The van der Waals surface area contributed by atoms with Crippen molar-refractivity contribution >= 4 is 23.9 Å². The Morgan fingerprint density at radius 3 is 2.17 bits per heavy atom. The summed E-state index contributed by atoms with van der Waals surface area (Å²) < 4.78 is 9.80. The van der Waals surface area contributed by atoms with Crippen molar-refractivity contribution in [3.8, 4) is 0 Å². The molecule has 9 heteroatoms. The van der Waals surface area contributed by atoms with Crippen LogP contribution in [-0.4, -0.2) is 54.7 Å². The van der Waals surface area contributed by atoms with Crippen molar-refractivity contribution in [3.05, 3.63) is 0 Å². The summed E-state index contributed by atoms with van der Waals surface area (Å²) in [6, 6.07) is -1.98. The van der Waals surface area contributed by atoms with E-state index < -0.39 is 41.6 Å². The van der Waals surface area contributed by atoms with E-state index in [-0.39, 0.29) is 11.9 Å². The second-order valence-corrected chi connectivity index (χ2v) is 8.76. The van der Waals surface area contributed by atoms with Crippen LogP contribution in [0.4, 0.5) is 4.79 Å². The average Bonchev–Trinajstić information content (AvgIpc) is 2.58. The molecule has 0 aromatic carbocycles. The molecule has 1 aliphatic rings. The maximum absolute atomic E-state index is 12.7. The molecule has 3 N–H and O–H groups in total. The first-order valence-electron chi connectivity index (χ1n) is 10.0. The van der Waals surface area contributed by atoms with Crippen molar-refractivity contribution in [1.29, 1.82) is 0 Å². The number of ether oxygens (including phenoxy) is 2. The fourth-order valence-corrected chi connectivity index (χ4v) is 3.27. The van der Waals surface area contributed by atoms with Gasteiger partial charge >= 0.3 is 12.1 Å². The van der Waals surface area contributed by atoms with Crippen LogP contribution in [0.1, 0.15) is 60.8 Å². The van der Waals surface area contributed by atoms with Gasteiger partial charge in [0.1, 0.15) is 17.7 Å². The Balaban J connectivity index is 2.73. The molecule has 0 radical (unpaired) electrons. The quantitative estimate of drug-likeness (QED) is 0.567. The van der Waals surface area contributed by atoms with E-state index in [4.69, 9.17) is 4.74 Å². The van der Waals surface area contributed by atoms with Gasteiger partial charge in [0.15, 0.2) is 0 Å². The smallest absolute Gasteiger partial charge is 0.408 e. The molecule has 166 valence electrons. The van der Waals surface area contributed by atoms with Crippen LogP contribution in [0.2, 0.25) is 0 Å². The lowest BCUT2D eigenvalue weighted by atomic mass is 9.78. The summed E-state index contributed by atoms with van der Waals surface area (Å²) in [6.45, 7) is 10.4. The van der Waals surface area contributed by atoms with Gasteiger partial charge in [-0.2, -0.15) is 0 Å². The number of nitrogens with one attached hydrogen (secondary N) is 3. The van der Waals surface area contributed by atoms with Crippen LogP contribution in [0.3, 0.4) is 0 Å². The number of alkyl carbamates (subject to hydrolysis) is 1.